The van der Waals surface area contributed by atoms with E-state index in [1.54, 1.807) is 0 Å². The fourth-order valence-corrected chi connectivity index (χ4v) is 2.30. The van der Waals surface area contributed by atoms with Crippen LogP contribution >= 0.6 is 15.9 Å². The number of benzene rings is 2. The Hall–Kier alpha value is -1.98. The maximum atomic E-state index is 5.86. The van der Waals surface area contributed by atoms with Crippen molar-refractivity contribution < 1.29 is 4.74 Å². The second-order valence-electron chi connectivity index (χ2n) is 4.59. The Morgan fingerprint density at radius 2 is 2.05 bits per heavy atom. The van der Waals surface area contributed by atoms with Crippen molar-refractivity contribution in [3.8, 4) is 5.75 Å². The summed E-state index contributed by atoms with van der Waals surface area (Å²) in [7, 11) is 0. The van der Waals surface area contributed by atoms with E-state index in [0.29, 0.717) is 12.4 Å². The molecule has 0 aliphatic carbocycles. The van der Waals surface area contributed by atoms with Gasteiger partial charge >= 0.3 is 0 Å². The lowest BCUT2D eigenvalue weighted by Gasteiger charge is -2.16. The number of halogens is 1. The van der Waals surface area contributed by atoms with Gasteiger partial charge in [0.2, 0.25) is 0 Å². The van der Waals surface area contributed by atoms with Crippen molar-refractivity contribution in [2.24, 2.45) is 5.84 Å². The molecule has 0 aromatic heterocycles. The first-order chi connectivity index (χ1) is 10.1. The molecular formula is C16H18BrN3O. The van der Waals surface area contributed by atoms with Gasteiger partial charge in [-0.15, -0.1) is 0 Å². The Balaban J connectivity index is 2.16. The van der Waals surface area contributed by atoms with Crippen molar-refractivity contribution in [2.45, 2.75) is 13.5 Å². The number of nitrogens with two attached hydrogens (primary N) is 1. The van der Waals surface area contributed by atoms with Gasteiger partial charge in [0.05, 0.1) is 0 Å². The van der Waals surface area contributed by atoms with Crippen LogP contribution in [-0.4, -0.2) is 0 Å². The molecular weight excluding hydrogens is 330 g/mol. The molecule has 0 aliphatic heterocycles. The van der Waals surface area contributed by atoms with Gasteiger partial charge in [-0.3, -0.25) is 0 Å². The van der Waals surface area contributed by atoms with E-state index in [2.05, 4.69) is 33.3 Å². The minimum absolute atomic E-state index is 0.462. The van der Waals surface area contributed by atoms with Crippen LogP contribution in [0.25, 0.3) is 0 Å². The molecule has 0 fully saturated rings. The summed E-state index contributed by atoms with van der Waals surface area (Å²) in [6.45, 7) is 6.28. The summed E-state index contributed by atoms with van der Waals surface area (Å²) in [6, 6.07) is 13.8. The highest BCUT2D eigenvalue weighted by molar-refractivity contribution is 9.10. The lowest BCUT2D eigenvalue weighted by Crippen LogP contribution is -2.25. The van der Waals surface area contributed by atoms with Crippen LogP contribution in [0.3, 0.4) is 0 Å². The van der Waals surface area contributed by atoms with E-state index in [0.717, 1.165) is 27.0 Å². The molecule has 0 amide bonds. The largest absolute Gasteiger partial charge is 0.489 e. The molecule has 0 heterocycles. The first-order valence-electron chi connectivity index (χ1n) is 6.49. The lowest BCUT2D eigenvalue weighted by atomic mass is 10.1. The summed E-state index contributed by atoms with van der Waals surface area (Å²) >= 11 is 3.43. The molecule has 5 heteroatoms. The Bertz CT molecular complexity index is 643. The SMILES string of the molecule is C=C(NN)Nc1cccc(C)c1COc1cccc(Br)c1. The van der Waals surface area contributed by atoms with Crippen molar-refractivity contribution in [2.75, 3.05) is 5.32 Å². The highest BCUT2D eigenvalue weighted by Gasteiger charge is 2.07. The van der Waals surface area contributed by atoms with Crippen molar-refractivity contribution in [1.29, 1.82) is 0 Å². The fraction of sp³-hybridized carbons (Fsp3) is 0.125. The highest BCUT2D eigenvalue weighted by Crippen LogP contribution is 2.24. The van der Waals surface area contributed by atoms with Gasteiger partial charge in [0.25, 0.3) is 0 Å². The maximum Gasteiger partial charge on any atom is 0.120 e. The molecule has 0 atom stereocenters. The zero-order valence-electron chi connectivity index (χ0n) is 11.8. The van der Waals surface area contributed by atoms with Gasteiger partial charge < -0.3 is 15.5 Å². The molecule has 2 aromatic rings. The molecule has 4 N–H and O–H groups in total. The second kappa shape index (κ2) is 7.15. The summed E-state index contributed by atoms with van der Waals surface area (Å²) in [5, 5.41) is 3.13. The molecule has 0 unspecified atom stereocenters. The van der Waals surface area contributed by atoms with Gasteiger partial charge in [-0.1, -0.05) is 40.7 Å². The number of ether oxygens (including phenoxy) is 1. The molecule has 2 rings (SSSR count). The Morgan fingerprint density at radius 1 is 1.29 bits per heavy atom. The molecule has 21 heavy (non-hydrogen) atoms. The minimum Gasteiger partial charge on any atom is -0.489 e. The molecule has 0 radical (unpaired) electrons. The van der Waals surface area contributed by atoms with Gasteiger partial charge in [0, 0.05) is 15.7 Å². The first-order valence-corrected chi connectivity index (χ1v) is 7.29. The Morgan fingerprint density at radius 3 is 2.76 bits per heavy atom. The van der Waals surface area contributed by atoms with E-state index in [-0.39, 0.29) is 0 Å². The topological polar surface area (TPSA) is 59.3 Å². The molecule has 0 bridgehead atoms. The van der Waals surface area contributed by atoms with E-state index >= 15 is 0 Å². The average Bonchev–Trinajstić information content (AvgIpc) is 2.46. The van der Waals surface area contributed by atoms with Crippen molar-refractivity contribution in [1.82, 2.24) is 5.43 Å². The average molecular weight is 348 g/mol. The molecule has 0 aliphatic rings. The number of aryl methyl sites for hydroxylation is 1. The van der Waals surface area contributed by atoms with Crippen molar-refractivity contribution in [3.05, 3.63) is 70.5 Å². The van der Waals surface area contributed by atoms with Gasteiger partial charge in [0.1, 0.15) is 18.2 Å². The third kappa shape index (κ3) is 4.24. The van der Waals surface area contributed by atoms with Gasteiger partial charge in [-0.2, -0.15) is 0 Å². The van der Waals surface area contributed by atoms with Crippen LogP contribution in [0, 0.1) is 6.92 Å². The van der Waals surface area contributed by atoms with Crippen LogP contribution in [0.15, 0.2) is 59.3 Å². The number of hydrogen-bond acceptors (Lipinski definition) is 4. The maximum absolute atomic E-state index is 5.86. The minimum atomic E-state index is 0.462. The Labute approximate surface area is 133 Å². The molecule has 0 saturated heterocycles. The van der Waals surface area contributed by atoms with E-state index in [1.807, 2.05) is 49.4 Å². The van der Waals surface area contributed by atoms with E-state index < -0.39 is 0 Å². The zero-order chi connectivity index (χ0) is 15.2. The normalized spacial score (nSPS) is 10.0. The molecule has 0 spiro atoms. The van der Waals surface area contributed by atoms with Crippen LogP contribution in [0.2, 0.25) is 0 Å². The zero-order valence-corrected chi connectivity index (χ0v) is 13.4. The number of nitrogens with one attached hydrogen (secondary N) is 2. The predicted octanol–water partition coefficient (Wildman–Crippen LogP) is 3.68. The highest BCUT2D eigenvalue weighted by atomic mass is 79.9. The molecule has 0 saturated carbocycles. The molecule has 4 nitrogen and oxygen atoms in total. The fourth-order valence-electron chi connectivity index (χ4n) is 1.92. The van der Waals surface area contributed by atoms with Crippen molar-refractivity contribution >= 4 is 21.6 Å². The second-order valence-corrected chi connectivity index (χ2v) is 5.51. The summed E-state index contributed by atoms with van der Waals surface area (Å²) in [6.07, 6.45) is 0. The third-order valence-corrected chi connectivity index (χ3v) is 3.54. The van der Waals surface area contributed by atoms with Crippen LogP contribution in [0.5, 0.6) is 5.75 Å². The van der Waals surface area contributed by atoms with Crippen molar-refractivity contribution in [3.63, 3.8) is 0 Å². The summed E-state index contributed by atoms with van der Waals surface area (Å²) in [5.41, 5.74) is 5.62. The van der Waals surface area contributed by atoms with Crippen LogP contribution in [0.4, 0.5) is 5.69 Å². The van der Waals surface area contributed by atoms with Crippen LogP contribution in [0.1, 0.15) is 11.1 Å². The van der Waals surface area contributed by atoms with E-state index in [4.69, 9.17) is 10.6 Å². The lowest BCUT2D eigenvalue weighted by molar-refractivity contribution is 0.306. The van der Waals surface area contributed by atoms with E-state index in [9.17, 15) is 0 Å². The summed E-state index contributed by atoms with van der Waals surface area (Å²) in [5.74, 6) is 6.69. The van der Waals surface area contributed by atoms with E-state index in [1.165, 1.54) is 0 Å². The number of rotatable bonds is 6. The number of anilines is 1. The van der Waals surface area contributed by atoms with Crippen LogP contribution in [-0.2, 0) is 6.61 Å². The molecule has 110 valence electrons. The third-order valence-electron chi connectivity index (χ3n) is 3.05. The number of hydrogen-bond donors (Lipinski definition) is 3. The standard InChI is InChI=1S/C16H18BrN3O/c1-11-5-3-8-16(19-12(2)20-18)15(11)10-21-14-7-4-6-13(17)9-14/h3-9,19-20H,2,10,18H2,1H3. The number of hydrazine groups is 1. The quantitative estimate of drug-likeness (QED) is 0.551. The van der Waals surface area contributed by atoms with Gasteiger partial charge in [0.15, 0.2) is 0 Å². The van der Waals surface area contributed by atoms with Crippen LogP contribution < -0.4 is 21.3 Å². The van der Waals surface area contributed by atoms with Gasteiger partial charge in [-0.25, -0.2) is 5.84 Å². The monoisotopic (exact) mass is 347 g/mol. The first kappa shape index (κ1) is 15.4. The smallest absolute Gasteiger partial charge is 0.120 e. The summed E-state index contributed by atoms with van der Waals surface area (Å²) < 4.78 is 6.85. The summed E-state index contributed by atoms with van der Waals surface area (Å²) in [4.78, 5) is 0. The van der Waals surface area contributed by atoms with Gasteiger partial charge in [-0.05, 0) is 36.8 Å². The predicted molar refractivity (Wildman–Crippen MR) is 89.7 cm³/mol. The molecule has 2 aromatic carbocycles. The Kier molecular flexibility index (Phi) is 5.25.